The average molecular weight is 485 g/mol. The number of thioether (sulfide) groups is 1. The van der Waals surface area contributed by atoms with Crippen LogP contribution >= 0.6 is 11.8 Å². The normalized spacial score (nSPS) is 11.3. The van der Waals surface area contributed by atoms with Crippen LogP contribution < -0.4 is 0 Å². The van der Waals surface area contributed by atoms with E-state index in [-0.39, 0.29) is 11.2 Å². The van der Waals surface area contributed by atoms with Crippen molar-refractivity contribution in [2.45, 2.75) is 90.4 Å². The van der Waals surface area contributed by atoms with Gasteiger partial charge >= 0.3 is 5.97 Å². The van der Waals surface area contributed by atoms with Gasteiger partial charge in [-0.1, -0.05) is 69.4 Å². The van der Waals surface area contributed by atoms with E-state index < -0.39 is 0 Å². The van der Waals surface area contributed by atoms with Gasteiger partial charge in [0, 0.05) is 38.2 Å². The van der Waals surface area contributed by atoms with Crippen molar-refractivity contribution in [3.8, 4) is 0 Å². The third-order valence-corrected chi connectivity index (χ3v) is 6.20. The third kappa shape index (κ3) is 22.2. The standard InChI is InChI=1S/C26H48N2O4S/c1-4-5-6-7-8-12-17-23-32-25(30)18-13-10-9-11-14-19-28(20-15-16-22-29)26(31)33-24-21-27(2)3/h12,17,22H,4-11,13-16,18-21,23-24H2,1-3H3/b17-12-. The molecule has 0 N–H and O–H groups in total. The fourth-order valence-corrected chi connectivity index (χ4v) is 4.25. The van der Waals surface area contributed by atoms with Crippen molar-refractivity contribution in [1.29, 1.82) is 0 Å². The average Bonchev–Trinajstić information content (AvgIpc) is 2.78. The van der Waals surface area contributed by atoms with Crippen LogP contribution in [0.3, 0.4) is 0 Å². The summed E-state index contributed by atoms with van der Waals surface area (Å²) in [6, 6.07) is 0. The zero-order valence-electron chi connectivity index (χ0n) is 21.4. The number of esters is 1. The number of hydrogen-bond donors (Lipinski definition) is 0. The number of nitrogens with zero attached hydrogens (tertiary/aromatic N) is 2. The molecule has 0 aromatic carbocycles. The molecular formula is C26H48N2O4S. The highest BCUT2D eigenvalue weighted by molar-refractivity contribution is 8.13. The van der Waals surface area contributed by atoms with E-state index in [1.165, 1.54) is 37.4 Å². The molecule has 0 bridgehead atoms. The van der Waals surface area contributed by atoms with Gasteiger partial charge in [-0.25, -0.2) is 0 Å². The second-order valence-corrected chi connectivity index (χ2v) is 9.78. The molecule has 7 heteroatoms. The summed E-state index contributed by atoms with van der Waals surface area (Å²) in [6.45, 7) is 4.84. The Balaban J connectivity index is 3.84. The van der Waals surface area contributed by atoms with Crippen molar-refractivity contribution in [3.63, 3.8) is 0 Å². The SMILES string of the molecule is CCCCCC/C=C\COC(=O)CCCCCCCN(CCCC=O)C(=O)SCCN(C)C. The molecular weight excluding hydrogens is 436 g/mol. The molecule has 0 aliphatic heterocycles. The van der Waals surface area contributed by atoms with E-state index in [4.69, 9.17) is 4.74 Å². The summed E-state index contributed by atoms with van der Waals surface area (Å²) in [5.41, 5.74) is 0. The van der Waals surface area contributed by atoms with Crippen molar-refractivity contribution < 1.29 is 19.1 Å². The van der Waals surface area contributed by atoms with Gasteiger partial charge in [0.25, 0.3) is 5.24 Å². The van der Waals surface area contributed by atoms with Crippen molar-refractivity contribution in [3.05, 3.63) is 12.2 Å². The van der Waals surface area contributed by atoms with Crippen LogP contribution in [0.2, 0.25) is 0 Å². The quantitative estimate of drug-likeness (QED) is 0.0801. The highest BCUT2D eigenvalue weighted by Gasteiger charge is 2.13. The number of hydrogen-bond acceptors (Lipinski definition) is 6. The van der Waals surface area contributed by atoms with Crippen LogP contribution in [-0.4, -0.2) is 73.4 Å². The Hall–Kier alpha value is -1.34. The number of allylic oxidation sites excluding steroid dienone is 1. The lowest BCUT2D eigenvalue weighted by molar-refractivity contribution is -0.142. The molecule has 0 saturated heterocycles. The summed E-state index contributed by atoms with van der Waals surface area (Å²) in [7, 11) is 4.00. The first kappa shape index (κ1) is 31.7. The zero-order chi connectivity index (χ0) is 24.6. The topological polar surface area (TPSA) is 66.9 Å². The van der Waals surface area contributed by atoms with Gasteiger partial charge in [0.2, 0.25) is 0 Å². The Morgan fingerprint density at radius 2 is 1.52 bits per heavy atom. The Kier molecular flexibility index (Phi) is 22.8. The van der Waals surface area contributed by atoms with Crippen LogP contribution in [0.4, 0.5) is 4.79 Å². The van der Waals surface area contributed by atoms with Gasteiger partial charge in [-0.15, -0.1) is 0 Å². The van der Waals surface area contributed by atoms with Crippen LogP contribution in [0.25, 0.3) is 0 Å². The molecule has 0 unspecified atom stereocenters. The van der Waals surface area contributed by atoms with Gasteiger partial charge in [0.05, 0.1) is 0 Å². The predicted octanol–water partition coefficient (Wildman–Crippen LogP) is 6.09. The second-order valence-electron chi connectivity index (χ2n) is 8.74. The summed E-state index contributed by atoms with van der Waals surface area (Å²) in [5, 5.41) is 0.112. The largest absolute Gasteiger partial charge is 0.461 e. The maximum atomic E-state index is 12.5. The minimum absolute atomic E-state index is 0.112. The molecule has 192 valence electrons. The molecule has 0 aliphatic rings. The van der Waals surface area contributed by atoms with Gasteiger partial charge in [0.1, 0.15) is 12.9 Å². The molecule has 1 amide bonds. The number of unbranched alkanes of at least 4 members (excludes halogenated alkanes) is 9. The molecule has 6 nitrogen and oxygen atoms in total. The fourth-order valence-electron chi connectivity index (χ4n) is 3.26. The van der Waals surface area contributed by atoms with Crippen LogP contribution in [-0.2, 0) is 14.3 Å². The van der Waals surface area contributed by atoms with Crippen molar-refractivity contribution in [2.75, 3.05) is 46.1 Å². The van der Waals surface area contributed by atoms with E-state index in [0.29, 0.717) is 26.0 Å². The fraction of sp³-hybridized carbons (Fsp3) is 0.808. The van der Waals surface area contributed by atoms with E-state index in [9.17, 15) is 14.4 Å². The van der Waals surface area contributed by atoms with E-state index in [1.54, 1.807) is 0 Å². The predicted molar refractivity (Wildman–Crippen MR) is 140 cm³/mol. The van der Waals surface area contributed by atoms with Gasteiger partial charge in [-0.3, -0.25) is 9.59 Å². The van der Waals surface area contributed by atoms with E-state index in [1.807, 2.05) is 25.1 Å². The summed E-state index contributed by atoms with van der Waals surface area (Å²) in [4.78, 5) is 38.8. The number of aldehydes is 1. The Morgan fingerprint density at radius 1 is 0.818 bits per heavy atom. The first-order valence-electron chi connectivity index (χ1n) is 12.8. The number of carbonyl (C=O) groups is 3. The first-order chi connectivity index (χ1) is 16.0. The molecule has 0 aromatic rings. The molecule has 0 aromatic heterocycles. The molecule has 0 rings (SSSR count). The van der Waals surface area contributed by atoms with Crippen LogP contribution in [0, 0.1) is 0 Å². The monoisotopic (exact) mass is 484 g/mol. The summed E-state index contributed by atoms with van der Waals surface area (Å²) in [5.74, 6) is 0.660. The number of carbonyl (C=O) groups excluding carboxylic acids is 3. The Bertz CT molecular complexity index is 526. The van der Waals surface area contributed by atoms with Gasteiger partial charge in [-0.05, 0) is 46.2 Å². The number of amides is 1. The lowest BCUT2D eigenvalue weighted by atomic mass is 10.1. The lowest BCUT2D eigenvalue weighted by Gasteiger charge is -2.22. The smallest absolute Gasteiger partial charge is 0.306 e. The van der Waals surface area contributed by atoms with Crippen LogP contribution in [0.15, 0.2) is 12.2 Å². The maximum absolute atomic E-state index is 12.5. The van der Waals surface area contributed by atoms with Gasteiger partial charge < -0.3 is 19.3 Å². The molecule has 0 radical (unpaired) electrons. The highest BCUT2D eigenvalue weighted by Crippen LogP contribution is 2.13. The molecule has 33 heavy (non-hydrogen) atoms. The highest BCUT2D eigenvalue weighted by atomic mass is 32.2. The van der Waals surface area contributed by atoms with Crippen molar-refractivity contribution in [2.24, 2.45) is 0 Å². The minimum Gasteiger partial charge on any atom is -0.461 e. The van der Waals surface area contributed by atoms with Crippen LogP contribution in [0.5, 0.6) is 0 Å². The maximum Gasteiger partial charge on any atom is 0.306 e. The van der Waals surface area contributed by atoms with Crippen molar-refractivity contribution >= 4 is 29.3 Å². The molecule has 0 spiro atoms. The molecule has 0 aliphatic carbocycles. The Labute approximate surface area is 206 Å². The third-order valence-electron chi connectivity index (χ3n) is 5.31. The summed E-state index contributed by atoms with van der Waals surface area (Å²) < 4.78 is 5.25. The van der Waals surface area contributed by atoms with E-state index in [0.717, 1.165) is 70.1 Å². The summed E-state index contributed by atoms with van der Waals surface area (Å²) >= 11 is 1.36. The zero-order valence-corrected chi connectivity index (χ0v) is 22.2. The second kappa shape index (κ2) is 23.8. The van der Waals surface area contributed by atoms with Gasteiger partial charge in [-0.2, -0.15) is 0 Å². The minimum atomic E-state index is -0.118. The first-order valence-corrected chi connectivity index (χ1v) is 13.8. The lowest BCUT2D eigenvalue weighted by Crippen LogP contribution is -2.30. The number of ether oxygens (including phenoxy) is 1. The summed E-state index contributed by atoms with van der Waals surface area (Å²) in [6.07, 6.45) is 17.6. The molecule has 0 saturated carbocycles. The molecule has 0 fully saturated rings. The van der Waals surface area contributed by atoms with Gasteiger partial charge in [0.15, 0.2) is 0 Å². The van der Waals surface area contributed by atoms with Crippen LogP contribution in [0.1, 0.15) is 90.4 Å². The molecule has 0 atom stereocenters. The van der Waals surface area contributed by atoms with E-state index in [2.05, 4.69) is 17.9 Å². The van der Waals surface area contributed by atoms with E-state index >= 15 is 0 Å². The number of rotatable bonds is 22. The Morgan fingerprint density at radius 3 is 2.24 bits per heavy atom. The molecule has 0 heterocycles. The van der Waals surface area contributed by atoms with Crippen molar-refractivity contribution in [1.82, 2.24) is 9.80 Å².